The van der Waals surface area contributed by atoms with E-state index in [2.05, 4.69) is 25.0 Å². The minimum Gasteiger partial charge on any atom is -0.269 e. The predicted molar refractivity (Wildman–Crippen MR) is 88.8 cm³/mol. The lowest BCUT2D eigenvalue weighted by Crippen LogP contribution is -2.03. The van der Waals surface area contributed by atoms with Crippen LogP contribution in [-0.4, -0.2) is 14.8 Å². The van der Waals surface area contributed by atoms with Gasteiger partial charge in [0, 0.05) is 35.6 Å². The van der Waals surface area contributed by atoms with E-state index in [0.717, 1.165) is 33.1 Å². The molecular formula is C16H16ClN3S. The molecule has 0 aliphatic heterocycles. The molecule has 0 bridgehead atoms. The maximum absolute atomic E-state index is 6.07. The largest absolute Gasteiger partial charge is 0.269 e. The van der Waals surface area contributed by atoms with Gasteiger partial charge in [-0.05, 0) is 37.1 Å². The molecule has 3 rings (SSSR count). The Bertz CT molecular complexity index is 733. The van der Waals surface area contributed by atoms with Crippen molar-refractivity contribution in [3.63, 3.8) is 0 Å². The Labute approximate surface area is 133 Å². The van der Waals surface area contributed by atoms with E-state index in [1.54, 1.807) is 23.7 Å². The normalized spacial score (nSPS) is 12.5. The number of halogens is 1. The SMILES string of the molecule is CCC(C)n1cc(-c2ccncc2)c(-c2cc(Cl)cs2)n1. The number of pyridine rings is 1. The van der Waals surface area contributed by atoms with Gasteiger partial charge in [0.25, 0.3) is 0 Å². The highest BCUT2D eigenvalue weighted by atomic mass is 35.5. The average molecular weight is 318 g/mol. The van der Waals surface area contributed by atoms with Gasteiger partial charge in [0.15, 0.2) is 0 Å². The number of rotatable bonds is 4. The van der Waals surface area contributed by atoms with Crippen LogP contribution in [-0.2, 0) is 0 Å². The van der Waals surface area contributed by atoms with Gasteiger partial charge in [-0.15, -0.1) is 11.3 Å². The van der Waals surface area contributed by atoms with Crippen LogP contribution in [0.4, 0.5) is 0 Å². The third-order valence-corrected chi connectivity index (χ3v) is 4.85. The Morgan fingerprint density at radius 3 is 2.71 bits per heavy atom. The summed E-state index contributed by atoms with van der Waals surface area (Å²) in [5.41, 5.74) is 3.23. The second-order valence-corrected chi connectivity index (χ2v) is 6.34. The lowest BCUT2D eigenvalue weighted by molar-refractivity contribution is 0.479. The van der Waals surface area contributed by atoms with Gasteiger partial charge in [-0.25, -0.2) is 0 Å². The van der Waals surface area contributed by atoms with E-state index < -0.39 is 0 Å². The summed E-state index contributed by atoms with van der Waals surface area (Å²) in [6.45, 7) is 4.34. The molecule has 3 heterocycles. The van der Waals surface area contributed by atoms with Crippen molar-refractivity contribution in [2.24, 2.45) is 0 Å². The summed E-state index contributed by atoms with van der Waals surface area (Å²) in [7, 11) is 0. The molecule has 0 radical (unpaired) electrons. The fraction of sp³-hybridized carbons (Fsp3) is 0.250. The van der Waals surface area contributed by atoms with Crippen molar-refractivity contribution in [2.75, 3.05) is 0 Å². The summed E-state index contributed by atoms with van der Waals surface area (Å²) < 4.78 is 2.04. The molecule has 3 nitrogen and oxygen atoms in total. The first-order valence-corrected chi connectivity index (χ1v) is 8.18. The molecule has 0 aliphatic rings. The number of hydrogen-bond donors (Lipinski definition) is 0. The van der Waals surface area contributed by atoms with Gasteiger partial charge >= 0.3 is 0 Å². The van der Waals surface area contributed by atoms with Gasteiger partial charge in [-0.1, -0.05) is 18.5 Å². The smallest absolute Gasteiger partial charge is 0.110 e. The number of nitrogens with zero attached hydrogens (tertiary/aromatic N) is 3. The molecule has 0 N–H and O–H groups in total. The van der Waals surface area contributed by atoms with Crippen LogP contribution >= 0.6 is 22.9 Å². The molecule has 0 saturated carbocycles. The van der Waals surface area contributed by atoms with Crippen molar-refractivity contribution in [1.82, 2.24) is 14.8 Å². The van der Waals surface area contributed by atoms with Gasteiger partial charge in [0.05, 0.1) is 9.90 Å². The predicted octanol–water partition coefficient (Wildman–Crippen LogP) is 5.30. The summed E-state index contributed by atoms with van der Waals surface area (Å²) in [6, 6.07) is 6.36. The zero-order valence-electron chi connectivity index (χ0n) is 12.0. The van der Waals surface area contributed by atoms with Gasteiger partial charge in [0.1, 0.15) is 5.69 Å². The molecule has 0 spiro atoms. The van der Waals surface area contributed by atoms with Crippen LogP contribution in [0.1, 0.15) is 26.3 Å². The molecule has 0 fully saturated rings. The molecular weight excluding hydrogens is 302 g/mol. The summed E-state index contributed by atoms with van der Waals surface area (Å²) in [5, 5.41) is 7.49. The topological polar surface area (TPSA) is 30.7 Å². The van der Waals surface area contributed by atoms with Crippen molar-refractivity contribution >= 4 is 22.9 Å². The molecule has 3 aromatic rings. The minimum atomic E-state index is 0.370. The van der Waals surface area contributed by atoms with Crippen molar-refractivity contribution < 1.29 is 0 Å². The maximum atomic E-state index is 6.07. The first kappa shape index (κ1) is 14.3. The number of thiophene rings is 1. The highest BCUT2D eigenvalue weighted by Crippen LogP contribution is 2.36. The zero-order chi connectivity index (χ0) is 14.8. The van der Waals surface area contributed by atoms with Crippen molar-refractivity contribution in [2.45, 2.75) is 26.3 Å². The van der Waals surface area contributed by atoms with E-state index in [-0.39, 0.29) is 0 Å². The molecule has 108 valence electrons. The minimum absolute atomic E-state index is 0.370. The first-order valence-electron chi connectivity index (χ1n) is 6.93. The third-order valence-electron chi connectivity index (χ3n) is 3.57. The number of hydrogen-bond acceptors (Lipinski definition) is 3. The van der Waals surface area contributed by atoms with Crippen LogP contribution in [0.25, 0.3) is 21.7 Å². The van der Waals surface area contributed by atoms with Crippen LogP contribution in [0.5, 0.6) is 0 Å². The van der Waals surface area contributed by atoms with Crippen molar-refractivity contribution in [3.05, 3.63) is 47.2 Å². The van der Waals surface area contributed by atoms with Crippen molar-refractivity contribution in [1.29, 1.82) is 0 Å². The summed E-state index contributed by atoms with van der Waals surface area (Å²) in [4.78, 5) is 5.18. The van der Waals surface area contributed by atoms with Crippen LogP contribution in [0.15, 0.2) is 42.2 Å². The van der Waals surface area contributed by atoms with Crippen LogP contribution in [0.2, 0.25) is 5.02 Å². The van der Waals surface area contributed by atoms with Crippen LogP contribution in [0, 0.1) is 0 Å². The second-order valence-electron chi connectivity index (χ2n) is 4.99. The van der Waals surface area contributed by atoms with Crippen molar-refractivity contribution in [3.8, 4) is 21.7 Å². The molecule has 0 aromatic carbocycles. The molecule has 1 unspecified atom stereocenters. The Morgan fingerprint density at radius 2 is 2.10 bits per heavy atom. The van der Waals surface area contributed by atoms with E-state index in [4.69, 9.17) is 16.7 Å². The highest BCUT2D eigenvalue weighted by Gasteiger charge is 2.16. The summed E-state index contributed by atoms with van der Waals surface area (Å²) >= 11 is 7.69. The third kappa shape index (κ3) is 2.87. The highest BCUT2D eigenvalue weighted by molar-refractivity contribution is 7.14. The van der Waals surface area contributed by atoms with Crippen LogP contribution < -0.4 is 0 Å². The Balaban J connectivity index is 2.15. The molecule has 3 aromatic heterocycles. The fourth-order valence-electron chi connectivity index (χ4n) is 2.17. The molecule has 1 atom stereocenters. The lowest BCUT2D eigenvalue weighted by Gasteiger charge is -2.07. The van der Waals surface area contributed by atoms with Gasteiger partial charge in [-0.3, -0.25) is 9.67 Å². The fourth-order valence-corrected chi connectivity index (χ4v) is 3.24. The Hall–Kier alpha value is -1.65. The van der Waals surface area contributed by atoms with E-state index >= 15 is 0 Å². The summed E-state index contributed by atoms with van der Waals surface area (Å²) in [6.07, 6.45) is 6.77. The van der Waals surface area contributed by atoms with E-state index in [0.29, 0.717) is 6.04 Å². The standard InChI is InChI=1S/C16H16ClN3S/c1-3-11(2)20-9-14(12-4-6-18-7-5-12)16(19-20)15-8-13(17)10-21-15/h4-11H,3H2,1-2H3. The number of aromatic nitrogens is 3. The van der Waals surface area contributed by atoms with Gasteiger partial charge < -0.3 is 0 Å². The molecule has 5 heteroatoms. The van der Waals surface area contributed by atoms with Gasteiger partial charge in [0.2, 0.25) is 0 Å². The van der Waals surface area contributed by atoms with Crippen LogP contribution in [0.3, 0.4) is 0 Å². The molecule has 0 saturated heterocycles. The second kappa shape index (κ2) is 6.00. The summed E-state index contributed by atoms with van der Waals surface area (Å²) in [5.74, 6) is 0. The van der Waals surface area contributed by atoms with E-state index in [1.165, 1.54) is 0 Å². The molecule has 21 heavy (non-hydrogen) atoms. The van der Waals surface area contributed by atoms with E-state index in [9.17, 15) is 0 Å². The maximum Gasteiger partial charge on any atom is 0.110 e. The molecule has 0 aliphatic carbocycles. The lowest BCUT2D eigenvalue weighted by atomic mass is 10.1. The van der Waals surface area contributed by atoms with E-state index in [1.807, 2.05) is 28.3 Å². The van der Waals surface area contributed by atoms with Gasteiger partial charge in [-0.2, -0.15) is 5.10 Å². The quantitative estimate of drug-likeness (QED) is 0.654. The molecule has 0 amide bonds. The average Bonchev–Trinajstić information content (AvgIpc) is 3.13. The first-order chi connectivity index (χ1) is 10.2. The Morgan fingerprint density at radius 1 is 1.33 bits per heavy atom. The monoisotopic (exact) mass is 317 g/mol. The Kier molecular flexibility index (Phi) is 4.08. The zero-order valence-corrected chi connectivity index (χ0v) is 13.5.